The van der Waals surface area contributed by atoms with Gasteiger partial charge >= 0.3 is 0 Å². The minimum absolute atomic E-state index is 0.673. The van der Waals surface area contributed by atoms with Crippen LogP contribution in [0.2, 0.25) is 19.1 Å². The molecule has 0 aromatic rings. The first-order valence-electron chi connectivity index (χ1n) is 6.26. The first-order valence-corrected chi connectivity index (χ1v) is 9.37. The second kappa shape index (κ2) is 7.42. The molecule has 0 aromatic carbocycles. The van der Waals surface area contributed by atoms with Crippen LogP contribution in [0.3, 0.4) is 0 Å². The van der Waals surface area contributed by atoms with Crippen molar-refractivity contribution in [1.82, 2.24) is 4.90 Å². The highest BCUT2D eigenvalue weighted by Crippen LogP contribution is 2.17. The normalized spacial score (nSPS) is 14.6. The Morgan fingerprint density at radius 3 is 1.93 bits per heavy atom. The van der Waals surface area contributed by atoms with Crippen molar-refractivity contribution in [1.29, 1.82) is 0 Å². The maximum Gasteiger partial charge on any atom is 0.187 e. The zero-order chi connectivity index (χ0) is 11.9. The van der Waals surface area contributed by atoms with Crippen LogP contribution in [0.5, 0.6) is 0 Å². The predicted octanol–water partition coefficient (Wildman–Crippen LogP) is 3.35. The second-order valence-electron chi connectivity index (χ2n) is 5.05. The van der Waals surface area contributed by atoms with Gasteiger partial charge in [0.25, 0.3) is 0 Å². The lowest BCUT2D eigenvalue weighted by Crippen LogP contribution is -2.41. The standard InChI is InChI=1S/C12H29NOSi/c1-7-9-13(10-8-2)12(3)11-15(5,6)14-4/h12H,7-11H2,1-6H3. The Morgan fingerprint density at radius 1 is 1.13 bits per heavy atom. The molecule has 1 unspecified atom stereocenters. The van der Waals surface area contributed by atoms with Gasteiger partial charge in [-0.3, -0.25) is 0 Å². The Kier molecular flexibility index (Phi) is 7.48. The topological polar surface area (TPSA) is 12.5 Å². The molecule has 0 aliphatic carbocycles. The summed E-state index contributed by atoms with van der Waals surface area (Å²) in [5, 5.41) is 0. The summed E-state index contributed by atoms with van der Waals surface area (Å²) in [6, 6.07) is 1.91. The van der Waals surface area contributed by atoms with Crippen LogP contribution >= 0.6 is 0 Å². The van der Waals surface area contributed by atoms with Crippen LogP contribution in [-0.4, -0.2) is 39.5 Å². The third-order valence-electron chi connectivity index (χ3n) is 2.98. The largest absolute Gasteiger partial charge is 0.420 e. The number of rotatable bonds is 8. The molecule has 0 rings (SSSR count). The van der Waals surface area contributed by atoms with Gasteiger partial charge in [0.1, 0.15) is 0 Å². The summed E-state index contributed by atoms with van der Waals surface area (Å²) < 4.78 is 5.63. The van der Waals surface area contributed by atoms with Crippen LogP contribution in [0.1, 0.15) is 33.6 Å². The zero-order valence-corrected chi connectivity index (χ0v) is 12.5. The van der Waals surface area contributed by atoms with Gasteiger partial charge in [0, 0.05) is 13.2 Å². The molecule has 0 amide bonds. The fourth-order valence-electron chi connectivity index (χ4n) is 2.05. The molecule has 1 atom stereocenters. The molecule has 0 heterocycles. The lowest BCUT2D eigenvalue weighted by Gasteiger charge is -2.33. The molecular weight excluding hydrogens is 202 g/mol. The van der Waals surface area contributed by atoms with Crippen molar-refractivity contribution < 1.29 is 4.43 Å². The summed E-state index contributed by atoms with van der Waals surface area (Å²) in [7, 11) is 0.461. The molecule has 0 aliphatic rings. The van der Waals surface area contributed by atoms with Gasteiger partial charge in [0.15, 0.2) is 8.32 Å². The average molecular weight is 231 g/mol. The summed E-state index contributed by atoms with van der Waals surface area (Å²) in [6.07, 6.45) is 2.50. The molecule has 0 bridgehead atoms. The van der Waals surface area contributed by atoms with E-state index in [-0.39, 0.29) is 0 Å². The number of hydrogen-bond acceptors (Lipinski definition) is 2. The van der Waals surface area contributed by atoms with E-state index in [1.54, 1.807) is 0 Å². The fraction of sp³-hybridized carbons (Fsp3) is 1.00. The van der Waals surface area contributed by atoms with Crippen LogP contribution in [0.4, 0.5) is 0 Å². The Morgan fingerprint density at radius 2 is 1.60 bits per heavy atom. The highest BCUT2D eigenvalue weighted by molar-refractivity contribution is 6.71. The van der Waals surface area contributed by atoms with E-state index >= 15 is 0 Å². The minimum atomic E-state index is -1.40. The van der Waals surface area contributed by atoms with Crippen LogP contribution in [0, 0.1) is 0 Å². The van der Waals surface area contributed by atoms with Crippen LogP contribution in [0.15, 0.2) is 0 Å². The highest BCUT2D eigenvalue weighted by atomic mass is 28.4. The van der Waals surface area contributed by atoms with Gasteiger partial charge < -0.3 is 9.33 Å². The van der Waals surface area contributed by atoms with E-state index < -0.39 is 8.32 Å². The van der Waals surface area contributed by atoms with Crippen molar-refractivity contribution in [2.75, 3.05) is 20.2 Å². The fourth-order valence-corrected chi connectivity index (χ4v) is 3.90. The molecule has 2 nitrogen and oxygen atoms in total. The molecule has 0 fully saturated rings. The first kappa shape index (κ1) is 15.1. The Balaban J connectivity index is 4.17. The molecule has 0 N–H and O–H groups in total. The molecule has 3 heteroatoms. The van der Waals surface area contributed by atoms with Gasteiger partial charge in [0.2, 0.25) is 0 Å². The van der Waals surface area contributed by atoms with Gasteiger partial charge in [-0.05, 0) is 52.0 Å². The van der Waals surface area contributed by atoms with Crippen molar-refractivity contribution in [2.24, 2.45) is 0 Å². The van der Waals surface area contributed by atoms with Crippen molar-refractivity contribution in [2.45, 2.75) is 58.8 Å². The molecule has 0 radical (unpaired) electrons. The van der Waals surface area contributed by atoms with Gasteiger partial charge in [-0.15, -0.1) is 0 Å². The van der Waals surface area contributed by atoms with E-state index in [1.165, 1.54) is 32.0 Å². The van der Waals surface area contributed by atoms with Gasteiger partial charge in [-0.1, -0.05) is 13.8 Å². The molecule has 15 heavy (non-hydrogen) atoms. The summed E-state index contributed by atoms with van der Waals surface area (Å²) in [4.78, 5) is 2.60. The quantitative estimate of drug-likeness (QED) is 0.594. The smallest absolute Gasteiger partial charge is 0.187 e. The Hall–Kier alpha value is 0.137. The van der Waals surface area contributed by atoms with E-state index in [2.05, 4.69) is 38.8 Å². The van der Waals surface area contributed by atoms with Crippen LogP contribution in [-0.2, 0) is 4.43 Å². The van der Waals surface area contributed by atoms with Gasteiger partial charge in [0.05, 0.1) is 0 Å². The summed E-state index contributed by atoms with van der Waals surface area (Å²) in [6.45, 7) is 13.9. The third kappa shape index (κ3) is 6.33. The van der Waals surface area contributed by atoms with Crippen molar-refractivity contribution in [3.63, 3.8) is 0 Å². The van der Waals surface area contributed by atoms with E-state index in [1.807, 2.05) is 7.11 Å². The van der Waals surface area contributed by atoms with Crippen molar-refractivity contribution in [3.05, 3.63) is 0 Å². The van der Waals surface area contributed by atoms with E-state index in [0.29, 0.717) is 6.04 Å². The van der Waals surface area contributed by atoms with Crippen molar-refractivity contribution >= 4 is 8.32 Å². The summed E-state index contributed by atoms with van der Waals surface area (Å²) in [5.41, 5.74) is 0. The lowest BCUT2D eigenvalue weighted by molar-refractivity contribution is 0.216. The molecule has 0 saturated heterocycles. The SMILES string of the molecule is CCCN(CCC)C(C)C[Si](C)(C)OC. The molecule has 92 valence electrons. The first-order chi connectivity index (χ1) is 6.96. The van der Waals surface area contributed by atoms with Gasteiger partial charge in [-0.25, -0.2) is 0 Å². The molecule has 0 spiro atoms. The van der Waals surface area contributed by atoms with E-state index in [0.717, 1.165) is 0 Å². The number of hydrogen-bond donors (Lipinski definition) is 0. The van der Waals surface area contributed by atoms with Crippen molar-refractivity contribution in [3.8, 4) is 0 Å². The van der Waals surface area contributed by atoms with Crippen LogP contribution in [0.25, 0.3) is 0 Å². The molecule has 0 aliphatic heterocycles. The maximum atomic E-state index is 5.63. The summed E-state index contributed by atoms with van der Waals surface area (Å²) in [5.74, 6) is 0. The average Bonchev–Trinajstić information content (AvgIpc) is 2.17. The highest BCUT2D eigenvalue weighted by Gasteiger charge is 2.26. The molecular formula is C12H29NOSi. The van der Waals surface area contributed by atoms with E-state index in [9.17, 15) is 0 Å². The predicted molar refractivity (Wildman–Crippen MR) is 70.9 cm³/mol. The second-order valence-corrected chi connectivity index (χ2v) is 9.39. The van der Waals surface area contributed by atoms with E-state index in [4.69, 9.17) is 4.43 Å². The third-order valence-corrected chi connectivity index (χ3v) is 5.66. The van der Waals surface area contributed by atoms with Gasteiger partial charge in [-0.2, -0.15) is 0 Å². The maximum absolute atomic E-state index is 5.63. The minimum Gasteiger partial charge on any atom is -0.420 e. The molecule has 0 saturated carbocycles. The lowest BCUT2D eigenvalue weighted by atomic mass is 10.2. The molecule has 0 aromatic heterocycles. The van der Waals surface area contributed by atoms with Crippen LogP contribution < -0.4 is 0 Å². The monoisotopic (exact) mass is 231 g/mol. The Bertz CT molecular complexity index is 156. The zero-order valence-electron chi connectivity index (χ0n) is 11.5. The Labute approximate surface area is 97.1 Å². The summed E-state index contributed by atoms with van der Waals surface area (Å²) >= 11 is 0. The number of nitrogens with zero attached hydrogens (tertiary/aromatic N) is 1.